The maximum Gasteiger partial charge on any atom is 0.133 e. The lowest BCUT2D eigenvalue weighted by molar-refractivity contribution is 0.779. The Morgan fingerprint density at radius 3 is 2.62 bits per heavy atom. The molecule has 0 fully saturated rings. The molecule has 0 unspecified atom stereocenters. The molecule has 0 aliphatic rings. The SMILES string of the molecule is Cc1ccsc1-c1cc(N)nc(C(C)C)n1. The number of nitrogens with two attached hydrogens (primary N) is 1. The van der Waals surface area contributed by atoms with Gasteiger partial charge in [0.25, 0.3) is 0 Å². The van der Waals surface area contributed by atoms with Crippen LogP contribution in [0.25, 0.3) is 10.6 Å². The van der Waals surface area contributed by atoms with E-state index in [4.69, 9.17) is 5.73 Å². The van der Waals surface area contributed by atoms with Gasteiger partial charge >= 0.3 is 0 Å². The van der Waals surface area contributed by atoms with Crippen molar-refractivity contribution in [3.8, 4) is 10.6 Å². The number of nitrogens with zero attached hydrogens (tertiary/aromatic N) is 2. The van der Waals surface area contributed by atoms with Crippen molar-refractivity contribution in [2.45, 2.75) is 26.7 Å². The Hall–Kier alpha value is -1.42. The van der Waals surface area contributed by atoms with Crippen LogP contribution < -0.4 is 5.73 Å². The van der Waals surface area contributed by atoms with Crippen LogP contribution >= 0.6 is 11.3 Å². The van der Waals surface area contributed by atoms with E-state index in [-0.39, 0.29) is 0 Å². The van der Waals surface area contributed by atoms with Gasteiger partial charge in [-0.1, -0.05) is 13.8 Å². The maximum atomic E-state index is 5.81. The van der Waals surface area contributed by atoms with Crippen LogP contribution in [0.15, 0.2) is 17.5 Å². The fraction of sp³-hybridized carbons (Fsp3) is 0.333. The minimum absolute atomic E-state index is 0.294. The molecule has 0 saturated heterocycles. The minimum atomic E-state index is 0.294. The first kappa shape index (κ1) is 11.1. The number of hydrogen-bond donors (Lipinski definition) is 1. The smallest absolute Gasteiger partial charge is 0.133 e. The Balaban J connectivity index is 2.54. The first-order valence-corrected chi connectivity index (χ1v) is 6.15. The molecule has 2 aromatic rings. The fourth-order valence-electron chi connectivity index (χ4n) is 1.49. The highest BCUT2D eigenvalue weighted by atomic mass is 32.1. The second kappa shape index (κ2) is 4.22. The third kappa shape index (κ3) is 2.07. The normalized spacial score (nSPS) is 11.0. The van der Waals surface area contributed by atoms with Crippen LogP contribution in [0.1, 0.15) is 31.2 Å². The molecule has 2 rings (SSSR count). The van der Waals surface area contributed by atoms with Crippen molar-refractivity contribution in [3.63, 3.8) is 0 Å². The molecule has 0 amide bonds. The van der Waals surface area contributed by atoms with Gasteiger partial charge in [0.1, 0.15) is 11.6 Å². The zero-order valence-corrected chi connectivity index (χ0v) is 10.5. The number of hydrogen-bond acceptors (Lipinski definition) is 4. The molecule has 0 atom stereocenters. The van der Waals surface area contributed by atoms with Crippen molar-refractivity contribution < 1.29 is 0 Å². The van der Waals surface area contributed by atoms with Gasteiger partial charge in [0, 0.05) is 12.0 Å². The zero-order chi connectivity index (χ0) is 11.7. The summed E-state index contributed by atoms with van der Waals surface area (Å²) >= 11 is 1.69. The highest BCUT2D eigenvalue weighted by Crippen LogP contribution is 2.29. The summed E-state index contributed by atoms with van der Waals surface area (Å²) in [5.74, 6) is 1.65. The van der Waals surface area contributed by atoms with E-state index in [0.29, 0.717) is 11.7 Å². The Kier molecular flexibility index (Phi) is 2.92. The molecule has 0 radical (unpaired) electrons. The van der Waals surface area contributed by atoms with Crippen LogP contribution in [-0.4, -0.2) is 9.97 Å². The van der Waals surface area contributed by atoms with Crippen molar-refractivity contribution in [3.05, 3.63) is 28.9 Å². The van der Waals surface area contributed by atoms with Gasteiger partial charge in [0.2, 0.25) is 0 Å². The highest BCUT2D eigenvalue weighted by molar-refractivity contribution is 7.13. The summed E-state index contributed by atoms with van der Waals surface area (Å²) in [6, 6.07) is 3.93. The number of aromatic nitrogens is 2. The third-order valence-electron chi connectivity index (χ3n) is 2.37. The molecule has 0 bridgehead atoms. The number of aryl methyl sites for hydroxylation is 1. The van der Waals surface area contributed by atoms with E-state index in [1.54, 1.807) is 11.3 Å². The van der Waals surface area contributed by atoms with Gasteiger partial charge in [-0.3, -0.25) is 0 Å². The lowest BCUT2D eigenvalue weighted by Gasteiger charge is -2.07. The molecule has 0 aliphatic carbocycles. The monoisotopic (exact) mass is 233 g/mol. The summed E-state index contributed by atoms with van der Waals surface area (Å²) in [5.41, 5.74) is 7.97. The number of thiophene rings is 1. The molecule has 2 aromatic heterocycles. The fourth-order valence-corrected chi connectivity index (χ4v) is 2.38. The van der Waals surface area contributed by atoms with E-state index < -0.39 is 0 Å². The van der Waals surface area contributed by atoms with Crippen molar-refractivity contribution in [1.82, 2.24) is 9.97 Å². The molecule has 0 spiro atoms. The molecular weight excluding hydrogens is 218 g/mol. The van der Waals surface area contributed by atoms with Crippen LogP contribution in [-0.2, 0) is 0 Å². The lowest BCUT2D eigenvalue weighted by atomic mass is 10.2. The molecule has 0 saturated carbocycles. The molecule has 0 aliphatic heterocycles. The van der Waals surface area contributed by atoms with E-state index in [2.05, 4.69) is 42.2 Å². The van der Waals surface area contributed by atoms with Gasteiger partial charge in [-0.25, -0.2) is 9.97 Å². The quantitative estimate of drug-likeness (QED) is 0.866. The van der Waals surface area contributed by atoms with Gasteiger partial charge in [-0.05, 0) is 23.9 Å². The Morgan fingerprint density at radius 2 is 2.06 bits per heavy atom. The van der Waals surface area contributed by atoms with Gasteiger partial charge < -0.3 is 5.73 Å². The van der Waals surface area contributed by atoms with Crippen LogP contribution in [0, 0.1) is 6.92 Å². The van der Waals surface area contributed by atoms with E-state index in [0.717, 1.165) is 11.5 Å². The summed E-state index contributed by atoms with van der Waals surface area (Å²) in [7, 11) is 0. The van der Waals surface area contributed by atoms with Crippen molar-refractivity contribution in [2.75, 3.05) is 5.73 Å². The first-order chi connectivity index (χ1) is 7.58. The molecule has 4 heteroatoms. The van der Waals surface area contributed by atoms with E-state index in [1.165, 1.54) is 10.4 Å². The summed E-state index contributed by atoms with van der Waals surface area (Å²) < 4.78 is 0. The zero-order valence-electron chi connectivity index (χ0n) is 9.69. The van der Waals surface area contributed by atoms with E-state index >= 15 is 0 Å². The Bertz CT molecular complexity index is 503. The molecule has 2 heterocycles. The van der Waals surface area contributed by atoms with Crippen LogP contribution in [0.5, 0.6) is 0 Å². The Morgan fingerprint density at radius 1 is 1.31 bits per heavy atom. The molecule has 16 heavy (non-hydrogen) atoms. The minimum Gasteiger partial charge on any atom is -0.384 e. The summed E-state index contributed by atoms with van der Waals surface area (Å²) in [6.07, 6.45) is 0. The first-order valence-electron chi connectivity index (χ1n) is 5.27. The van der Waals surface area contributed by atoms with Crippen molar-refractivity contribution >= 4 is 17.2 Å². The topological polar surface area (TPSA) is 51.8 Å². The lowest BCUT2D eigenvalue weighted by Crippen LogP contribution is -2.02. The van der Waals surface area contributed by atoms with Crippen molar-refractivity contribution in [1.29, 1.82) is 0 Å². The molecule has 2 N–H and O–H groups in total. The number of nitrogen functional groups attached to an aromatic ring is 1. The second-order valence-electron chi connectivity index (χ2n) is 4.12. The van der Waals surface area contributed by atoms with Gasteiger partial charge in [0.05, 0.1) is 10.6 Å². The second-order valence-corrected chi connectivity index (χ2v) is 5.04. The largest absolute Gasteiger partial charge is 0.384 e. The molecule has 84 valence electrons. The summed E-state index contributed by atoms with van der Waals surface area (Å²) in [6.45, 7) is 6.22. The van der Waals surface area contributed by atoms with E-state index in [9.17, 15) is 0 Å². The van der Waals surface area contributed by atoms with Crippen LogP contribution in [0.3, 0.4) is 0 Å². The average Bonchev–Trinajstić information content (AvgIpc) is 2.63. The van der Waals surface area contributed by atoms with Gasteiger partial charge in [-0.15, -0.1) is 11.3 Å². The molecular formula is C12H15N3S. The van der Waals surface area contributed by atoms with Gasteiger partial charge in [0.15, 0.2) is 0 Å². The third-order valence-corrected chi connectivity index (χ3v) is 3.41. The number of rotatable bonds is 2. The average molecular weight is 233 g/mol. The standard InChI is InChI=1S/C12H15N3S/c1-7(2)12-14-9(6-10(13)15-12)11-8(3)4-5-16-11/h4-7H,1-3H3,(H2,13,14,15). The Labute approximate surface area is 99.4 Å². The molecule has 3 nitrogen and oxygen atoms in total. The summed E-state index contributed by atoms with van der Waals surface area (Å²) in [5, 5.41) is 2.07. The maximum absolute atomic E-state index is 5.81. The van der Waals surface area contributed by atoms with Crippen molar-refractivity contribution in [2.24, 2.45) is 0 Å². The van der Waals surface area contributed by atoms with Gasteiger partial charge in [-0.2, -0.15) is 0 Å². The summed E-state index contributed by atoms with van der Waals surface area (Å²) in [4.78, 5) is 9.98. The highest BCUT2D eigenvalue weighted by Gasteiger charge is 2.10. The predicted molar refractivity (Wildman–Crippen MR) is 68.6 cm³/mol. The van der Waals surface area contributed by atoms with Crippen LogP contribution in [0.4, 0.5) is 5.82 Å². The number of anilines is 1. The van der Waals surface area contributed by atoms with Crippen LogP contribution in [0.2, 0.25) is 0 Å². The van der Waals surface area contributed by atoms with E-state index in [1.807, 2.05) is 6.07 Å². The molecule has 0 aromatic carbocycles. The predicted octanol–water partition coefficient (Wildman–Crippen LogP) is 3.22.